The quantitative estimate of drug-likeness (QED) is 0.750. The number of fused-ring (bicyclic) bond motifs is 1. The van der Waals surface area contributed by atoms with Crippen molar-refractivity contribution in [2.24, 2.45) is 0 Å². The van der Waals surface area contributed by atoms with Gasteiger partial charge in [-0.1, -0.05) is 29.3 Å². The van der Waals surface area contributed by atoms with Crippen molar-refractivity contribution < 1.29 is 19.4 Å². The number of β-amino-alcohol motifs (C(OH)–C–C–N with tert-alkyl or cyclic N) is 1. The molecular formula is C20H28Cl2N2O4. The molecule has 0 spiro atoms. The van der Waals surface area contributed by atoms with Crippen LogP contribution >= 0.6 is 23.2 Å². The number of hydrogen-bond donors (Lipinski definition) is 2. The van der Waals surface area contributed by atoms with Crippen LogP contribution in [0.25, 0.3) is 0 Å². The van der Waals surface area contributed by atoms with E-state index in [1.165, 1.54) is 0 Å². The predicted octanol–water partition coefficient (Wildman–Crippen LogP) is 2.63. The van der Waals surface area contributed by atoms with Crippen molar-refractivity contribution in [2.45, 2.75) is 57.1 Å². The number of aliphatic hydroxyl groups excluding tert-OH is 1. The SMILES string of the molecule is CCNC(=O)C[C@H]1CC[C@H]2[C@@H](COC[C@@H](O)CN2Cc2ccc(Cl)c(Cl)c2)O1. The maximum atomic E-state index is 11.9. The fourth-order valence-electron chi connectivity index (χ4n) is 3.98. The Morgan fingerprint density at radius 1 is 1.29 bits per heavy atom. The van der Waals surface area contributed by atoms with Crippen LogP contribution in [0.4, 0.5) is 0 Å². The Morgan fingerprint density at radius 3 is 2.86 bits per heavy atom. The van der Waals surface area contributed by atoms with Gasteiger partial charge in [-0.2, -0.15) is 0 Å². The summed E-state index contributed by atoms with van der Waals surface area (Å²) < 4.78 is 11.9. The molecule has 0 aliphatic carbocycles. The first-order valence-corrected chi connectivity index (χ1v) is 10.6. The van der Waals surface area contributed by atoms with Crippen LogP contribution in [-0.2, 0) is 20.8 Å². The van der Waals surface area contributed by atoms with Crippen LogP contribution in [0.1, 0.15) is 31.7 Å². The van der Waals surface area contributed by atoms with Gasteiger partial charge in [-0.25, -0.2) is 0 Å². The van der Waals surface area contributed by atoms with Crippen LogP contribution in [0.5, 0.6) is 0 Å². The summed E-state index contributed by atoms with van der Waals surface area (Å²) in [6.07, 6.45) is 1.25. The smallest absolute Gasteiger partial charge is 0.222 e. The number of carbonyl (C=O) groups excluding carboxylic acids is 1. The zero-order chi connectivity index (χ0) is 20.1. The summed E-state index contributed by atoms with van der Waals surface area (Å²) in [5.74, 6) is 0.0146. The highest BCUT2D eigenvalue weighted by Gasteiger charge is 2.38. The molecule has 0 bridgehead atoms. The average molecular weight is 431 g/mol. The van der Waals surface area contributed by atoms with Gasteiger partial charge in [0.15, 0.2) is 0 Å². The van der Waals surface area contributed by atoms with Gasteiger partial charge in [0.25, 0.3) is 0 Å². The molecule has 2 heterocycles. The molecule has 2 fully saturated rings. The van der Waals surface area contributed by atoms with E-state index in [4.69, 9.17) is 32.7 Å². The minimum atomic E-state index is -0.559. The van der Waals surface area contributed by atoms with Gasteiger partial charge in [-0.3, -0.25) is 9.69 Å². The Hall–Kier alpha value is -0.890. The molecule has 0 saturated carbocycles. The lowest BCUT2D eigenvalue weighted by Gasteiger charge is -2.44. The maximum absolute atomic E-state index is 11.9. The van der Waals surface area contributed by atoms with E-state index in [0.29, 0.717) is 42.7 Å². The fraction of sp³-hybridized carbons (Fsp3) is 0.650. The second-order valence-corrected chi connectivity index (χ2v) is 8.28. The van der Waals surface area contributed by atoms with Crippen molar-refractivity contribution in [1.29, 1.82) is 0 Å². The van der Waals surface area contributed by atoms with Crippen LogP contribution in [0.3, 0.4) is 0 Å². The van der Waals surface area contributed by atoms with Crippen molar-refractivity contribution in [3.05, 3.63) is 33.8 Å². The van der Waals surface area contributed by atoms with Crippen molar-refractivity contribution in [1.82, 2.24) is 10.2 Å². The van der Waals surface area contributed by atoms with E-state index in [1.807, 2.05) is 19.1 Å². The van der Waals surface area contributed by atoms with Crippen molar-refractivity contribution in [2.75, 3.05) is 26.3 Å². The molecule has 1 aromatic carbocycles. The zero-order valence-corrected chi connectivity index (χ0v) is 17.6. The highest BCUT2D eigenvalue weighted by atomic mass is 35.5. The molecule has 0 radical (unpaired) electrons. The standard InChI is InChI=1S/C20H28Cl2N2O4/c1-2-23-20(26)8-15-4-6-18-19(28-15)12-27-11-14(25)10-24(18)9-13-3-5-16(21)17(22)7-13/h3,5,7,14-15,18-19,25H,2,4,6,8-12H2,1H3,(H,23,26)/t14-,15+,18-,19+/m0/s1. The van der Waals surface area contributed by atoms with Gasteiger partial charge in [-0.05, 0) is 37.5 Å². The average Bonchev–Trinajstić information content (AvgIpc) is 2.63. The van der Waals surface area contributed by atoms with Gasteiger partial charge >= 0.3 is 0 Å². The molecule has 0 unspecified atom stereocenters. The largest absolute Gasteiger partial charge is 0.389 e. The Bertz CT molecular complexity index is 676. The number of ether oxygens (including phenoxy) is 2. The Labute approximate surface area is 176 Å². The van der Waals surface area contributed by atoms with Gasteiger partial charge in [0.2, 0.25) is 5.91 Å². The van der Waals surface area contributed by atoms with Crippen LogP contribution in [0.15, 0.2) is 18.2 Å². The third-order valence-corrected chi connectivity index (χ3v) is 5.98. The van der Waals surface area contributed by atoms with Crippen LogP contribution in [0.2, 0.25) is 10.0 Å². The second-order valence-electron chi connectivity index (χ2n) is 7.47. The van der Waals surface area contributed by atoms with E-state index < -0.39 is 6.10 Å². The number of halogens is 2. The Morgan fingerprint density at radius 2 is 2.11 bits per heavy atom. The van der Waals surface area contributed by atoms with Crippen molar-refractivity contribution in [3.63, 3.8) is 0 Å². The first-order chi connectivity index (χ1) is 13.5. The maximum Gasteiger partial charge on any atom is 0.222 e. The summed E-state index contributed by atoms with van der Waals surface area (Å²) in [6, 6.07) is 5.71. The topological polar surface area (TPSA) is 71.0 Å². The molecule has 2 aliphatic heterocycles. The summed E-state index contributed by atoms with van der Waals surface area (Å²) in [4.78, 5) is 14.1. The number of carbonyl (C=O) groups is 1. The minimum Gasteiger partial charge on any atom is -0.389 e. The summed E-state index contributed by atoms with van der Waals surface area (Å²) in [7, 11) is 0. The van der Waals surface area contributed by atoms with E-state index in [2.05, 4.69) is 10.2 Å². The van der Waals surface area contributed by atoms with E-state index in [0.717, 1.165) is 18.4 Å². The van der Waals surface area contributed by atoms with Crippen LogP contribution in [0, 0.1) is 0 Å². The fourth-order valence-corrected chi connectivity index (χ4v) is 4.30. The predicted molar refractivity (Wildman–Crippen MR) is 109 cm³/mol. The van der Waals surface area contributed by atoms with Gasteiger partial charge < -0.3 is 19.9 Å². The highest BCUT2D eigenvalue weighted by molar-refractivity contribution is 6.42. The molecule has 1 aromatic rings. The first kappa shape index (κ1) is 21.8. The Kier molecular flexibility index (Phi) is 7.97. The highest BCUT2D eigenvalue weighted by Crippen LogP contribution is 2.30. The summed E-state index contributed by atoms with van der Waals surface area (Å²) in [5.41, 5.74) is 1.03. The van der Waals surface area contributed by atoms with Gasteiger partial charge in [-0.15, -0.1) is 0 Å². The summed E-state index contributed by atoms with van der Waals surface area (Å²) in [6.45, 7) is 4.34. The molecular weight excluding hydrogens is 403 g/mol. The monoisotopic (exact) mass is 430 g/mol. The molecule has 8 heteroatoms. The van der Waals surface area contributed by atoms with Crippen molar-refractivity contribution >= 4 is 29.1 Å². The number of amides is 1. The molecule has 156 valence electrons. The van der Waals surface area contributed by atoms with E-state index >= 15 is 0 Å². The molecule has 1 amide bonds. The second kappa shape index (κ2) is 10.2. The third kappa shape index (κ3) is 5.81. The molecule has 2 saturated heterocycles. The number of rotatable bonds is 5. The van der Waals surface area contributed by atoms with E-state index in [-0.39, 0.29) is 30.8 Å². The molecule has 4 atom stereocenters. The number of nitrogens with zero attached hydrogens (tertiary/aromatic N) is 1. The van der Waals surface area contributed by atoms with Gasteiger partial charge in [0, 0.05) is 25.7 Å². The number of nitrogens with one attached hydrogen (secondary N) is 1. The molecule has 2 N–H and O–H groups in total. The molecule has 0 aromatic heterocycles. The van der Waals surface area contributed by atoms with Crippen LogP contribution < -0.4 is 5.32 Å². The zero-order valence-electron chi connectivity index (χ0n) is 16.1. The normalized spacial score (nSPS) is 28.9. The third-order valence-electron chi connectivity index (χ3n) is 5.24. The number of aliphatic hydroxyl groups is 1. The summed E-state index contributed by atoms with van der Waals surface area (Å²) >= 11 is 12.2. The van der Waals surface area contributed by atoms with Crippen LogP contribution in [-0.4, -0.2) is 66.6 Å². The number of benzene rings is 1. The Balaban J connectivity index is 1.70. The summed E-state index contributed by atoms with van der Waals surface area (Å²) in [5, 5.41) is 14.1. The van der Waals surface area contributed by atoms with Crippen molar-refractivity contribution in [3.8, 4) is 0 Å². The number of hydrogen-bond acceptors (Lipinski definition) is 5. The molecule has 28 heavy (non-hydrogen) atoms. The lowest BCUT2D eigenvalue weighted by molar-refractivity contribution is -0.158. The first-order valence-electron chi connectivity index (χ1n) is 9.82. The molecule has 2 aliphatic rings. The van der Waals surface area contributed by atoms with E-state index in [9.17, 15) is 9.90 Å². The molecule has 3 rings (SSSR count). The van der Waals surface area contributed by atoms with Gasteiger partial charge in [0.05, 0.1) is 48.0 Å². The lowest BCUT2D eigenvalue weighted by atomic mass is 9.94. The minimum absolute atomic E-state index is 0.0146. The van der Waals surface area contributed by atoms with Gasteiger partial charge in [0.1, 0.15) is 0 Å². The lowest BCUT2D eigenvalue weighted by Crippen LogP contribution is -2.55. The van der Waals surface area contributed by atoms with E-state index in [1.54, 1.807) is 6.07 Å². The molecule has 6 nitrogen and oxygen atoms in total.